The first-order chi connectivity index (χ1) is 17.1. The standard InChI is InChI=1S/C30H43NO5.H2O/c1-17-7-5-9-29(3)13-25-19(11-23(17)29)21(27(32)35-25)15-31(34)16-22-20-12-24-18(2)8-6-10-30(24,4)14-26(20)36-28(22)33;/h19-26,34H,1-2,5-16H2,3-4H3;1H2. The molecule has 0 aromatic carbocycles. The fraction of sp³-hybridized carbons (Fsp3) is 0.800. The Labute approximate surface area is 220 Å². The molecular formula is C30H45NO6. The topological polar surface area (TPSA) is 108 Å². The van der Waals surface area contributed by atoms with Gasteiger partial charge in [0.05, 0.1) is 11.8 Å². The average Bonchev–Trinajstić information content (AvgIpc) is 3.25. The van der Waals surface area contributed by atoms with Gasteiger partial charge in [-0.2, -0.15) is 5.06 Å². The lowest BCUT2D eigenvalue weighted by Crippen LogP contribution is -2.47. The molecule has 4 aliphatic carbocycles. The van der Waals surface area contributed by atoms with Crippen molar-refractivity contribution in [3.63, 3.8) is 0 Å². The van der Waals surface area contributed by atoms with Gasteiger partial charge in [-0.1, -0.05) is 38.2 Å². The van der Waals surface area contributed by atoms with Gasteiger partial charge in [0.25, 0.3) is 0 Å². The molecule has 6 rings (SSSR count). The minimum atomic E-state index is -0.361. The second-order valence-electron chi connectivity index (χ2n) is 13.7. The molecular weight excluding hydrogens is 470 g/mol. The van der Waals surface area contributed by atoms with Crippen LogP contribution in [0.25, 0.3) is 0 Å². The summed E-state index contributed by atoms with van der Waals surface area (Å²) in [5.41, 5.74) is 2.95. The Hall–Kier alpha value is -1.70. The minimum absolute atomic E-state index is 0. The Kier molecular flexibility index (Phi) is 6.90. The summed E-state index contributed by atoms with van der Waals surface area (Å²) >= 11 is 0. The lowest BCUT2D eigenvalue weighted by molar-refractivity contribution is -0.155. The molecule has 37 heavy (non-hydrogen) atoms. The van der Waals surface area contributed by atoms with Crippen molar-refractivity contribution >= 4 is 11.9 Å². The molecule has 6 aliphatic rings. The van der Waals surface area contributed by atoms with Crippen LogP contribution >= 0.6 is 0 Å². The summed E-state index contributed by atoms with van der Waals surface area (Å²) in [6.07, 6.45) is 10.2. The summed E-state index contributed by atoms with van der Waals surface area (Å²) in [6.45, 7) is 13.8. The maximum absolute atomic E-state index is 12.9. The van der Waals surface area contributed by atoms with Crippen LogP contribution in [-0.2, 0) is 19.1 Å². The van der Waals surface area contributed by atoms with Crippen molar-refractivity contribution in [2.45, 2.75) is 90.3 Å². The van der Waals surface area contributed by atoms with Gasteiger partial charge < -0.3 is 20.2 Å². The summed E-state index contributed by atoms with van der Waals surface area (Å²) in [6, 6.07) is 0. The highest BCUT2D eigenvalue weighted by Gasteiger charge is 2.57. The van der Waals surface area contributed by atoms with Crippen molar-refractivity contribution in [2.75, 3.05) is 13.1 Å². The number of hydrogen-bond acceptors (Lipinski definition) is 6. The lowest BCUT2D eigenvalue weighted by atomic mass is 9.55. The summed E-state index contributed by atoms with van der Waals surface area (Å²) in [4.78, 5) is 25.9. The molecule has 0 spiro atoms. The van der Waals surface area contributed by atoms with E-state index in [1.165, 1.54) is 16.2 Å². The third-order valence-corrected chi connectivity index (χ3v) is 11.5. The SMILES string of the molecule is C=C1CCCC2(C)CC3OC(=O)C(CN(O)CC4C(=O)OC5CC6(C)CCCC(=C)C6CC54)C3CC12.O. The van der Waals surface area contributed by atoms with Crippen LogP contribution in [-0.4, -0.2) is 53.0 Å². The molecule has 0 aromatic rings. The quantitative estimate of drug-likeness (QED) is 0.336. The van der Waals surface area contributed by atoms with Crippen LogP contribution in [0.1, 0.15) is 78.1 Å². The Morgan fingerprint density at radius 3 is 1.65 bits per heavy atom. The van der Waals surface area contributed by atoms with Crippen LogP contribution in [0, 0.1) is 46.3 Å². The summed E-state index contributed by atoms with van der Waals surface area (Å²) in [7, 11) is 0. The molecule has 3 N–H and O–H groups in total. The second-order valence-corrected chi connectivity index (χ2v) is 13.7. The van der Waals surface area contributed by atoms with E-state index in [1.807, 2.05) is 0 Å². The van der Waals surface area contributed by atoms with Crippen molar-refractivity contribution in [2.24, 2.45) is 46.3 Å². The molecule has 0 bridgehead atoms. The van der Waals surface area contributed by atoms with Gasteiger partial charge in [0.2, 0.25) is 0 Å². The van der Waals surface area contributed by atoms with Crippen LogP contribution in [0.3, 0.4) is 0 Å². The Morgan fingerprint density at radius 2 is 1.24 bits per heavy atom. The van der Waals surface area contributed by atoms with E-state index in [2.05, 4.69) is 27.0 Å². The number of ether oxygens (including phenoxy) is 2. The zero-order valence-electron chi connectivity index (χ0n) is 22.5. The normalized spacial score (nSPS) is 46.8. The van der Waals surface area contributed by atoms with Gasteiger partial charge in [-0.25, -0.2) is 0 Å². The van der Waals surface area contributed by atoms with E-state index >= 15 is 0 Å². The van der Waals surface area contributed by atoms with E-state index in [1.54, 1.807) is 0 Å². The molecule has 10 atom stereocenters. The summed E-state index contributed by atoms with van der Waals surface area (Å²) in [5.74, 6) is -0.0784. The second kappa shape index (κ2) is 9.49. The van der Waals surface area contributed by atoms with Crippen molar-refractivity contribution < 1.29 is 29.7 Å². The summed E-state index contributed by atoms with van der Waals surface area (Å²) < 4.78 is 11.8. The van der Waals surface area contributed by atoms with Gasteiger partial charge in [-0.05, 0) is 86.9 Å². The molecule has 0 radical (unpaired) electrons. The number of rotatable bonds is 4. The fourth-order valence-corrected chi connectivity index (χ4v) is 9.46. The highest BCUT2D eigenvalue weighted by atomic mass is 16.6. The number of allylic oxidation sites excluding steroid dienone is 2. The number of hydrogen-bond donors (Lipinski definition) is 1. The molecule has 206 valence electrons. The smallest absolute Gasteiger partial charge is 0.311 e. The van der Waals surface area contributed by atoms with Gasteiger partial charge in [0, 0.05) is 24.9 Å². The number of nitrogens with zero attached hydrogens (tertiary/aromatic N) is 1. The molecule has 0 amide bonds. The van der Waals surface area contributed by atoms with Gasteiger partial charge >= 0.3 is 11.9 Å². The Morgan fingerprint density at radius 1 is 0.838 bits per heavy atom. The van der Waals surface area contributed by atoms with Gasteiger partial charge in [-0.15, -0.1) is 0 Å². The maximum Gasteiger partial charge on any atom is 0.311 e. The Bertz CT molecular complexity index is 903. The zero-order chi connectivity index (χ0) is 25.4. The van der Waals surface area contributed by atoms with E-state index in [0.29, 0.717) is 11.8 Å². The number of carbonyl (C=O) groups is 2. The highest BCUT2D eigenvalue weighted by molar-refractivity contribution is 5.76. The molecule has 2 heterocycles. The van der Waals surface area contributed by atoms with Crippen LogP contribution in [0.2, 0.25) is 0 Å². The van der Waals surface area contributed by atoms with E-state index in [0.717, 1.165) is 64.2 Å². The number of esters is 2. The predicted octanol–water partition coefficient (Wildman–Crippen LogP) is 4.48. The third kappa shape index (κ3) is 4.39. The lowest BCUT2D eigenvalue weighted by Gasteiger charge is -2.50. The number of hydroxylamine groups is 2. The van der Waals surface area contributed by atoms with Crippen molar-refractivity contribution in [1.29, 1.82) is 0 Å². The number of carbonyl (C=O) groups excluding carboxylic acids is 2. The van der Waals surface area contributed by atoms with E-state index in [-0.39, 0.29) is 77.2 Å². The molecule has 0 aromatic heterocycles. The van der Waals surface area contributed by atoms with Crippen LogP contribution < -0.4 is 0 Å². The zero-order valence-corrected chi connectivity index (χ0v) is 22.5. The third-order valence-electron chi connectivity index (χ3n) is 11.5. The van der Waals surface area contributed by atoms with Gasteiger partial charge in [0.1, 0.15) is 12.2 Å². The average molecular weight is 516 g/mol. The highest BCUT2D eigenvalue weighted by Crippen LogP contribution is 2.58. The van der Waals surface area contributed by atoms with E-state index in [9.17, 15) is 14.8 Å². The Balaban J connectivity index is 0.00000280. The molecule has 7 nitrogen and oxygen atoms in total. The minimum Gasteiger partial charge on any atom is -0.462 e. The van der Waals surface area contributed by atoms with Gasteiger partial charge in [-0.3, -0.25) is 9.59 Å². The molecule has 2 saturated heterocycles. The van der Waals surface area contributed by atoms with E-state index < -0.39 is 0 Å². The maximum atomic E-state index is 12.9. The molecule has 10 unspecified atom stereocenters. The largest absolute Gasteiger partial charge is 0.462 e. The van der Waals surface area contributed by atoms with Crippen molar-refractivity contribution in [1.82, 2.24) is 5.06 Å². The first-order valence-electron chi connectivity index (χ1n) is 14.3. The molecule has 6 fully saturated rings. The number of fused-ring (bicyclic) bond motifs is 4. The van der Waals surface area contributed by atoms with Crippen LogP contribution in [0.15, 0.2) is 24.3 Å². The van der Waals surface area contributed by atoms with Crippen LogP contribution in [0.5, 0.6) is 0 Å². The fourth-order valence-electron chi connectivity index (χ4n) is 9.46. The van der Waals surface area contributed by atoms with Gasteiger partial charge in [0.15, 0.2) is 0 Å². The van der Waals surface area contributed by atoms with Crippen LogP contribution in [0.4, 0.5) is 0 Å². The molecule has 7 heteroatoms. The van der Waals surface area contributed by atoms with Crippen molar-refractivity contribution in [3.05, 3.63) is 24.3 Å². The molecule has 2 aliphatic heterocycles. The predicted molar refractivity (Wildman–Crippen MR) is 138 cm³/mol. The first-order valence-corrected chi connectivity index (χ1v) is 14.3. The summed E-state index contributed by atoms with van der Waals surface area (Å²) in [5, 5.41) is 12.3. The first kappa shape index (κ1) is 26.9. The van der Waals surface area contributed by atoms with Crippen molar-refractivity contribution in [3.8, 4) is 0 Å². The monoisotopic (exact) mass is 515 g/mol. The molecule has 4 saturated carbocycles. The van der Waals surface area contributed by atoms with E-state index in [4.69, 9.17) is 9.47 Å².